The van der Waals surface area contributed by atoms with E-state index in [4.69, 9.17) is 4.74 Å². The summed E-state index contributed by atoms with van der Waals surface area (Å²) in [6, 6.07) is 0.702. The van der Waals surface area contributed by atoms with Crippen LogP contribution >= 0.6 is 0 Å². The van der Waals surface area contributed by atoms with Crippen LogP contribution in [0, 0.1) is 5.92 Å². The molecule has 0 amide bonds. The fourth-order valence-electron chi connectivity index (χ4n) is 2.13. The monoisotopic (exact) mass is 183 g/mol. The molecule has 2 saturated carbocycles. The molecule has 2 nitrogen and oxygen atoms in total. The van der Waals surface area contributed by atoms with Crippen LogP contribution in [-0.2, 0) is 4.74 Å². The Labute approximate surface area is 81.0 Å². The first-order chi connectivity index (χ1) is 6.26. The number of hydrogen-bond donors (Lipinski definition) is 1. The molecule has 0 aromatic carbocycles. The summed E-state index contributed by atoms with van der Waals surface area (Å²) in [5, 5.41) is 3.61. The molecular formula is C11H21NO. The number of hydrogen-bond acceptors (Lipinski definition) is 2. The second-order valence-electron chi connectivity index (χ2n) is 4.75. The maximum Gasteiger partial charge on any atom is 0.0802 e. The van der Waals surface area contributed by atoms with Gasteiger partial charge in [0.05, 0.1) is 5.60 Å². The second-order valence-corrected chi connectivity index (χ2v) is 4.75. The van der Waals surface area contributed by atoms with Crippen LogP contribution in [0.25, 0.3) is 0 Å². The third kappa shape index (κ3) is 2.05. The Bertz CT molecular complexity index is 167. The normalized spacial score (nSPS) is 28.2. The van der Waals surface area contributed by atoms with E-state index in [2.05, 4.69) is 12.2 Å². The topological polar surface area (TPSA) is 21.3 Å². The van der Waals surface area contributed by atoms with Crippen LogP contribution in [0.5, 0.6) is 0 Å². The highest BCUT2D eigenvalue weighted by atomic mass is 16.5. The zero-order valence-electron chi connectivity index (χ0n) is 8.81. The van der Waals surface area contributed by atoms with Crippen molar-refractivity contribution in [3.63, 3.8) is 0 Å². The lowest BCUT2D eigenvalue weighted by Crippen LogP contribution is -2.50. The Hall–Kier alpha value is -0.0800. The van der Waals surface area contributed by atoms with Crippen LogP contribution in [-0.4, -0.2) is 25.3 Å². The van der Waals surface area contributed by atoms with Gasteiger partial charge in [0.2, 0.25) is 0 Å². The molecule has 0 aliphatic heterocycles. The first-order valence-corrected chi connectivity index (χ1v) is 5.54. The molecule has 1 atom stereocenters. The fraction of sp³-hybridized carbons (Fsp3) is 1.00. The SMILES string of the molecule is COC1(CNC(C)C2CC2)CCC1. The van der Waals surface area contributed by atoms with Gasteiger partial charge in [0, 0.05) is 19.7 Å². The summed E-state index contributed by atoms with van der Waals surface area (Å²) in [6.45, 7) is 3.36. The maximum absolute atomic E-state index is 5.56. The first kappa shape index (κ1) is 9.47. The summed E-state index contributed by atoms with van der Waals surface area (Å²) in [5.74, 6) is 0.953. The Morgan fingerprint density at radius 1 is 1.46 bits per heavy atom. The van der Waals surface area contributed by atoms with E-state index in [1.54, 1.807) is 0 Å². The summed E-state index contributed by atoms with van der Waals surface area (Å²) in [5.41, 5.74) is 0.198. The highest BCUT2D eigenvalue weighted by molar-refractivity contribution is 4.93. The van der Waals surface area contributed by atoms with Gasteiger partial charge in [-0.3, -0.25) is 0 Å². The van der Waals surface area contributed by atoms with Crippen LogP contribution < -0.4 is 5.32 Å². The van der Waals surface area contributed by atoms with Crippen LogP contribution in [0.2, 0.25) is 0 Å². The summed E-state index contributed by atoms with van der Waals surface area (Å²) in [6.07, 6.45) is 6.68. The minimum absolute atomic E-state index is 0.198. The fourth-order valence-corrected chi connectivity index (χ4v) is 2.13. The number of rotatable bonds is 5. The summed E-state index contributed by atoms with van der Waals surface area (Å²) < 4.78 is 5.56. The van der Waals surface area contributed by atoms with Crippen molar-refractivity contribution in [3.8, 4) is 0 Å². The van der Waals surface area contributed by atoms with Gasteiger partial charge in [-0.1, -0.05) is 0 Å². The Morgan fingerprint density at radius 3 is 2.54 bits per heavy atom. The Balaban J connectivity index is 1.70. The van der Waals surface area contributed by atoms with Gasteiger partial charge >= 0.3 is 0 Å². The van der Waals surface area contributed by atoms with E-state index in [9.17, 15) is 0 Å². The Morgan fingerprint density at radius 2 is 2.15 bits per heavy atom. The number of methoxy groups -OCH3 is 1. The van der Waals surface area contributed by atoms with Crippen molar-refractivity contribution in [3.05, 3.63) is 0 Å². The smallest absolute Gasteiger partial charge is 0.0802 e. The molecule has 2 rings (SSSR count). The molecule has 0 bridgehead atoms. The van der Waals surface area contributed by atoms with Gasteiger partial charge in [-0.15, -0.1) is 0 Å². The Kier molecular flexibility index (Phi) is 2.61. The lowest BCUT2D eigenvalue weighted by Gasteiger charge is -2.41. The van der Waals surface area contributed by atoms with E-state index in [0.717, 1.165) is 12.5 Å². The zero-order chi connectivity index (χ0) is 9.31. The molecule has 2 heteroatoms. The van der Waals surface area contributed by atoms with E-state index >= 15 is 0 Å². The van der Waals surface area contributed by atoms with Gasteiger partial charge in [-0.2, -0.15) is 0 Å². The van der Waals surface area contributed by atoms with E-state index in [0.29, 0.717) is 6.04 Å². The molecule has 1 unspecified atom stereocenters. The van der Waals surface area contributed by atoms with Gasteiger partial charge in [-0.25, -0.2) is 0 Å². The van der Waals surface area contributed by atoms with Crippen LogP contribution in [0.4, 0.5) is 0 Å². The lowest BCUT2D eigenvalue weighted by molar-refractivity contribution is -0.0708. The van der Waals surface area contributed by atoms with Crippen molar-refractivity contribution < 1.29 is 4.74 Å². The largest absolute Gasteiger partial charge is 0.377 e. The maximum atomic E-state index is 5.56. The van der Waals surface area contributed by atoms with Crippen LogP contribution in [0.15, 0.2) is 0 Å². The molecule has 0 spiro atoms. The third-order valence-electron chi connectivity index (χ3n) is 3.77. The van der Waals surface area contributed by atoms with Crippen molar-refractivity contribution in [2.45, 2.75) is 50.7 Å². The van der Waals surface area contributed by atoms with E-state index in [1.165, 1.54) is 32.1 Å². The van der Waals surface area contributed by atoms with Gasteiger partial charge in [-0.05, 0) is 44.9 Å². The van der Waals surface area contributed by atoms with Gasteiger partial charge in [0.1, 0.15) is 0 Å². The van der Waals surface area contributed by atoms with E-state index in [1.807, 2.05) is 7.11 Å². The number of ether oxygens (including phenoxy) is 1. The lowest BCUT2D eigenvalue weighted by atomic mass is 9.80. The third-order valence-corrected chi connectivity index (χ3v) is 3.77. The molecule has 0 radical (unpaired) electrons. The molecule has 2 aliphatic rings. The summed E-state index contributed by atoms with van der Waals surface area (Å²) in [4.78, 5) is 0. The molecule has 2 fully saturated rings. The predicted molar refractivity (Wildman–Crippen MR) is 53.8 cm³/mol. The molecule has 13 heavy (non-hydrogen) atoms. The first-order valence-electron chi connectivity index (χ1n) is 5.54. The van der Waals surface area contributed by atoms with E-state index < -0.39 is 0 Å². The van der Waals surface area contributed by atoms with Crippen molar-refractivity contribution in [2.24, 2.45) is 5.92 Å². The average molecular weight is 183 g/mol. The molecule has 2 aliphatic carbocycles. The predicted octanol–water partition coefficient (Wildman–Crippen LogP) is 1.94. The minimum atomic E-state index is 0.198. The average Bonchev–Trinajstić information content (AvgIpc) is 2.85. The van der Waals surface area contributed by atoms with Gasteiger partial charge in [0.25, 0.3) is 0 Å². The summed E-state index contributed by atoms with van der Waals surface area (Å²) in [7, 11) is 1.85. The minimum Gasteiger partial charge on any atom is -0.377 e. The molecular weight excluding hydrogens is 162 g/mol. The highest BCUT2D eigenvalue weighted by Gasteiger charge is 2.38. The molecule has 0 saturated heterocycles. The molecule has 0 aromatic rings. The van der Waals surface area contributed by atoms with Crippen molar-refractivity contribution in [2.75, 3.05) is 13.7 Å². The quantitative estimate of drug-likeness (QED) is 0.703. The molecule has 1 N–H and O–H groups in total. The molecule has 76 valence electrons. The van der Waals surface area contributed by atoms with Crippen molar-refractivity contribution >= 4 is 0 Å². The van der Waals surface area contributed by atoms with Gasteiger partial charge < -0.3 is 10.1 Å². The molecule has 0 heterocycles. The highest BCUT2D eigenvalue weighted by Crippen LogP contribution is 2.36. The van der Waals surface area contributed by atoms with Crippen LogP contribution in [0.3, 0.4) is 0 Å². The summed E-state index contributed by atoms with van der Waals surface area (Å²) >= 11 is 0. The number of nitrogens with one attached hydrogen (secondary N) is 1. The van der Waals surface area contributed by atoms with Crippen molar-refractivity contribution in [1.82, 2.24) is 5.32 Å². The van der Waals surface area contributed by atoms with E-state index in [-0.39, 0.29) is 5.60 Å². The zero-order valence-corrected chi connectivity index (χ0v) is 8.81. The second kappa shape index (κ2) is 3.58. The standard InChI is InChI=1S/C11H21NO/c1-9(10-4-5-10)12-8-11(13-2)6-3-7-11/h9-10,12H,3-8H2,1-2H3. The van der Waals surface area contributed by atoms with Gasteiger partial charge in [0.15, 0.2) is 0 Å². The van der Waals surface area contributed by atoms with Crippen LogP contribution in [0.1, 0.15) is 39.0 Å². The molecule has 0 aromatic heterocycles. The van der Waals surface area contributed by atoms with Crippen molar-refractivity contribution in [1.29, 1.82) is 0 Å².